The van der Waals surface area contributed by atoms with E-state index in [1.165, 1.54) is 6.20 Å². The van der Waals surface area contributed by atoms with Crippen molar-refractivity contribution in [2.75, 3.05) is 32.3 Å². The first kappa shape index (κ1) is 28.8. The van der Waals surface area contributed by atoms with E-state index in [1.54, 1.807) is 62.4 Å². The lowest BCUT2D eigenvalue weighted by atomic mass is 10.0. The van der Waals surface area contributed by atoms with Crippen LogP contribution < -0.4 is 26.4 Å². The maximum Gasteiger partial charge on any atom is 0.343 e. The Balaban J connectivity index is 1.58. The van der Waals surface area contributed by atoms with Gasteiger partial charge in [-0.05, 0) is 55.0 Å². The van der Waals surface area contributed by atoms with E-state index in [2.05, 4.69) is 21.8 Å². The van der Waals surface area contributed by atoms with Gasteiger partial charge in [-0.3, -0.25) is 4.79 Å². The van der Waals surface area contributed by atoms with Gasteiger partial charge in [-0.1, -0.05) is 11.8 Å². The fourth-order valence-corrected chi connectivity index (χ4v) is 4.67. The zero-order valence-electron chi connectivity index (χ0n) is 23.8. The van der Waals surface area contributed by atoms with Crippen LogP contribution in [0.4, 0.5) is 11.8 Å². The first-order valence-electron chi connectivity index (χ1n) is 13.3. The van der Waals surface area contributed by atoms with Crippen LogP contribution in [0, 0.1) is 11.8 Å². The van der Waals surface area contributed by atoms with Crippen molar-refractivity contribution in [3.63, 3.8) is 0 Å². The number of aromatic nitrogens is 3. The summed E-state index contributed by atoms with van der Waals surface area (Å²) in [5.41, 5.74) is 14.6. The highest BCUT2D eigenvalue weighted by Crippen LogP contribution is 2.33. The number of hydrogen-bond acceptors (Lipinski definition) is 10. The third-order valence-corrected chi connectivity index (χ3v) is 6.67. The van der Waals surface area contributed by atoms with Gasteiger partial charge < -0.3 is 34.7 Å². The molecule has 43 heavy (non-hydrogen) atoms. The number of nitrogens with two attached hydrogens (primary N) is 2. The molecule has 0 saturated heterocycles. The molecule has 0 aliphatic rings. The molecule has 5 aromatic rings. The van der Waals surface area contributed by atoms with Crippen molar-refractivity contribution in [3.05, 3.63) is 105 Å². The lowest BCUT2D eigenvalue weighted by molar-refractivity contribution is 0.0524. The minimum atomic E-state index is -0.681. The number of benzene rings is 2. The number of carbonyl (C=O) groups is 1. The number of furan rings is 1. The highest BCUT2D eigenvalue weighted by atomic mass is 16.5. The number of esters is 1. The van der Waals surface area contributed by atoms with Crippen molar-refractivity contribution in [2.45, 2.75) is 19.9 Å². The van der Waals surface area contributed by atoms with Crippen LogP contribution in [-0.2, 0) is 17.7 Å². The standard InChI is InChI=1S/C32H29N5O6/c1-4-42-31(39)25-18-37(17-23-6-5-11-43-23)26-14-19(8-10-24(26)28(25)38)7-9-21-12-20(15-27(40-2)29(21)41-3)13-22-16-35-32(34)36-30(22)33/h5-6,8,10-12,14-16,18H,4,13,17H2,1-3H3,(H4,33,34,35,36). The second-order valence-electron chi connectivity index (χ2n) is 9.48. The first-order chi connectivity index (χ1) is 20.8. The molecule has 0 atom stereocenters. The monoisotopic (exact) mass is 579 g/mol. The molecule has 0 saturated carbocycles. The summed E-state index contributed by atoms with van der Waals surface area (Å²) in [4.78, 5) is 33.9. The predicted molar refractivity (Wildman–Crippen MR) is 161 cm³/mol. The maximum atomic E-state index is 13.2. The Labute approximate surface area is 247 Å². The summed E-state index contributed by atoms with van der Waals surface area (Å²) in [6.07, 6.45) is 5.06. The van der Waals surface area contributed by atoms with E-state index in [-0.39, 0.29) is 30.5 Å². The minimum absolute atomic E-state index is 0.0551. The van der Waals surface area contributed by atoms with Gasteiger partial charge in [-0.25, -0.2) is 9.78 Å². The molecule has 5 rings (SSSR count). The summed E-state index contributed by atoms with van der Waals surface area (Å²) >= 11 is 0. The van der Waals surface area contributed by atoms with Crippen molar-refractivity contribution >= 4 is 28.6 Å². The van der Waals surface area contributed by atoms with Gasteiger partial charge in [0.15, 0.2) is 11.5 Å². The fourth-order valence-electron chi connectivity index (χ4n) is 4.67. The normalized spacial score (nSPS) is 10.7. The molecule has 2 aromatic carbocycles. The summed E-state index contributed by atoms with van der Waals surface area (Å²) in [6.45, 7) is 2.13. The van der Waals surface area contributed by atoms with Crippen molar-refractivity contribution in [2.24, 2.45) is 0 Å². The van der Waals surface area contributed by atoms with Gasteiger partial charge in [-0.15, -0.1) is 0 Å². The van der Waals surface area contributed by atoms with E-state index >= 15 is 0 Å². The van der Waals surface area contributed by atoms with Crippen LogP contribution in [0.2, 0.25) is 0 Å². The lowest BCUT2D eigenvalue weighted by Gasteiger charge is -2.13. The number of anilines is 2. The van der Waals surface area contributed by atoms with Crippen molar-refractivity contribution in [3.8, 4) is 23.3 Å². The quantitative estimate of drug-likeness (QED) is 0.205. The van der Waals surface area contributed by atoms with E-state index in [0.717, 1.165) is 5.56 Å². The minimum Gasteiger partial charge on any atom is -0.493 e. The Hall–Kier alpha value is -5.76. The number of nitrogens with zero attached hydrogens (tertiary/aromatic N) is 3. The number of fused-ring (bicyclic) bond motifs is 1. The number of ether oxygens (including phenoxy) is 3. The topological polar surface area (TPSA) is 158 Å². The fraction of sp³-hybridized carbons (Fsp3) is 0.188. The second kappa shape index (κ2) is 12.4. The first-order valence-corrected chi connectivity index (χ1v) is 13.3. The highest BCUT2D eigenvalue weighted by Gasteiger charge is 2.18. The number of methoxy groups -OCH3 is 2. The zero-order chi connectivity index (χ0) is 30.5. The summed E-state index contributed by atoms with van der Waals surface area (Å²) in [7, 11) is 3.09. The summed E-state index contributed by atoms with van der Waals surface area (Å²) in [5, 5.41) is 0.354. The Morgan fingerprint density at radius 3 is 2.63 bits per heavy atom. The lowest BCUT2D eigenvalue weighted by Crippen LogP contribution is -2.21. The van der Waals surface area contributed by atoms with Gasteiger partial charge in [-0.2, -0.15) is 4.98 Å². The molecule has 3 aromatic heterocycles. The average molecular weight is 580 g/mol. The Kier molecular flexibility index (Phi) is 8.29. The molecular weight excluding hydrogens is 550 g/mol. The van der Waals surface area contributed by atoms with Crippen molar-refractivity contribution < 1.29 is 23.4 Å². The zero-order valence-corrected chi connectivity index (χ0v) is 23.8. The van der Waals surface area contributed by atoms with E-state index in [1.807, 2.05) is 18.2 Å². The van der Waals surface area contributed by atoms with E-state index in [0.29, 0.717) is 51.3 Å². The molecule has 4 N–H and O–H groups in total. The molecule has 0 radical (unpaired) electrons. The van der Waals surface area contributed by atoms with E-state index < -0.39 is 11.4 Å². The molecule has 0 aliphatic heterocycles. The number of hydrogen-bond donors (Lipinski definition) is 2. The smallest absolute Gasteiger partial charge is 0.343 e. The van der Waals surface area contributed by atoms with Crippen molar-refractivity contribution in [1.82, 2.24) is 14.5 Å². The number of carbonyl (C=O) groups excluding carboxylic acids is 1. The van der Waals surface area contributed by atoms with E-state index in [9.17, 15) is 9.59 Å². The van der Waals surface area contributed by atoms with Crippen LogP contribution in [0.15, 0.2) is 70.3 Å². The maximum absolute atomic E-state index is 13.2. The Morgan fingerprint density at radius 2 is 1.93 bits per heavy atom. The SMILES string of the molecule is CCOC(=O)c1cn(Cc2ccco2)c2cc(C#Cc3cc(Cc4cnc(N)nc4N)cc(OC)c3OC)ccc2c1=O. The third-order valence-electron chi connectivity index (χ3n) is 6.67. The van der Waals surface area contributed by atoms with Crippen LogP contribution in [-0.4, -0.2) is 41.3 Å². The molecule has 0 aliphatic carbocycles. The molecule has 0 bridgehead atoms. The van der Waals surface area contributed by atoms with Crippen LogP contribution in [0.25, 0.3) is 10.9 Å². The number of rotatable bonds is 8. The molecule has 0 fully saturated rings. The number of pyridine rings is 1. The third kappa shape index (κ3) is 6.13. The molecule has 0 spiro atoms. The molecule has 218 valence electrons. The Bertz CT molecular complexity index is 1940. The van der Waals surface area contributed by atoms with Gasteiger partial charge in [0, 0.05) is 35.3 Å². The van der Waals surface area contributed by atoms with Crippen molar-refractivity contribution in [1.29, 1.82) is 0 Å². The molecule has 11 heteroatoms. The average Bonchev–Trinajstić information content (AvgIpc) is 3.51. The number of nitrogen functional groups attached to an aromatic ring is 2. The van der Waals surface area contributed by atoms with Crippen LogP contribution in [0.3, 0.4) is 0 Å². The second-order valence-corrected chi connectivity index (χ2v) is 9.48. The summed E-state index contributed by atoms with van der Waals surface area (Å²) in [6, 6.07) is 12.5. The molecular formula is C32H29N5O6. The van der Waals surface area contributed by atoms with Crippen LogP contribution in [0.1, 0.15) is 45.3 Å². The van der Waals surface area contributed by atoms with E-state index in [4.69, 9.17) is 30.1 Å². The van der Waals surface area contributed by atoms with Gasteiger partial charge >= 0.3 is 5.97 Å². The van der Waals surface area contributed by atoms with Gasteiger partial charge in [0.1, 0.15) is 17.1 Å². The molecule has 0 unspecified atom stereocenters. The molecule has 0 amide bonds. The summed E-state index contributed by atoms with van der Waals surface area (Å²) in [5.74, 6) is 7.67. The molecule has 3 heterocycles. The van der Waals surface area contributed by atoms with Gasteiger partial charge in [0.05, 0.1) is 44.7 Å². The Morgan fingerprint density at radius 1 is 1.09 bits per heavy atom. The van der Waals surface area contributed by atoms with Gasteiger partial charge in [0.25, 0.3) is 0 Å². The highest BCUT2D eigenvalue weighted by molar-refractivity contribution is 5.94. The molecule has 11 nitrogen and oxygen atoms in total. The predicted octanol–water partition coefficient (Wildman–Crippen LogP) is 3.78. The largest absolute Gasteiger partial charge is 0.493 e. The summed E-state index contributed by atoms with van der Waals surface area (Å²) < 4.78 is 23.6. The van der Waals surface area contributed by atoms with Crippen LogP contribution >= 0.6 is 0 Å². The van der Waals surface area contributed by atoms with Crippen LogP contribution in [0.5, 0.6) is 11.5 Å². The van der Waals surface area contributed by atoms with Gasteiger partial charge in [0.2, 0.25) is 11.4 Å².